The number of rotatable bonds is 4. The standard InChI is InChI=1S/C13H17N3O3/c1-9-5-13(17)15(7-9)8-10-3-4-11(14-2)12(6-10)16(18)19/h3-4,6,9,14H,5,7-8H2,1-2H3. The first-order valence-corrected chi connectivity index (χ1v) is 6.24. The molecule has 6 heteroatoms. The van der Waals surface area contributed by atoms with Gasteiger partial charge in [-0.25, -0.2) is 0 Å². The number of anilines is 1. The van der Waals surface area contributed by atoms with E-state index in [-0.39, 0.29) is 11.6 Å². The minimum absolute atomic E-state index is 0.0414. The fourth-order valence-electron chi connectivity index (χ4n) is 2.38. The molecule has 1 aromatic carbocycles. The fraction of sp³-hybridized carbons (Fsp3) is 0.462. The van der Waals surface area contributed by atoms with Crippen LogP contribution in [0.15, 0.2) is 18.2 Å². The van der Waals surface area contributed by atoms with E-state index in [1.165, 1.54) is 6.07 Å². The van der Waals surface area contributed by atoms with Gasteiger partial charge in [0.05, 0.1) is 4.92 Å². The Morgan fingerprint density at radius 1 is 1.53 bits per heavy atom. The molecular formula is C13H17N3O3. The number of amides is 1. The molecule has 19 heavy (non-hydrogen) atoms. The van der Waals surface area contributed by atoms with E-state index in [0.29, 0.717) is 24.6 Å². The summed E-state index contributed by atoms with van der Waals surface area (Å²) in [5.74, 6) is 0.479. The molecular weight excluding hydrogens is 246 g/mol. The Labute approximate surface area is 111 Å². The molecule has 1 N–H and O–H groups in total. The van der Waals surface area contributed by atoms with Crippen LogP contribution < -0.4 is 5.32 Å². The van der Waals surface area contributed by atoms with Gasteiger partial charge in [-0.05, 0) is 17.5 Å². The Bertz CT molecular complexity index is 516. The summed E-state index contributed by atoms with van der Waals surface area (Å²) in [4.78, 5) is 24.0. The minimum Gasteiger partial charge on any atom is -0.383 e. The summed E-state index contributed by atoms with van der Waals surface area (Å²) in [5, 5.41) is 13.8. The normalized spacial score (nSPS) is 18.7. The van der Waals surface area contributed by atoms with E-state index in [1.54, 1.807) is 18.0 Å². The number of hydrogen-bond donors (Lipinski definition) is 1. The number of nitrogens with zero attached hydrogens (tertiary/aromatic N) is 2. The predicted molar refractivity (Wildman–Crippen MR) is 71.8 cm³/mol. The van der Waals surface area contributed by atoms with Crippen molar-refractivity contribution in [1.29, 1.82) is 0 Å². The molecule has 0 aromatic heterocycles. The van der Waals surface area contributed by atoms with Crippen molar-refractivity contribution in [2.75, 3.05) is 18.9 Å². The first-order chi connectivity index (χ1) is 9.01. The number of nitro groups is 1. The number of hydrogen-bond acceptors (Lipinski definition) is 4. The Balaban J connectivity index is 2.19. The van der Waals surface area contributed by atoms with Crippen LogP contribution in [0, 0.1) is 16.0 Å². The number of benzene rings is 1. The van der Waals surface area contributed by atoms with Crippen molar-refractivity contribution < 1.29 is 9.72 Å². The Morgan fingerprint density at radius 2 is 2.26 bits per heavy atom. The molecule has 6 nitrogen and oxygen atoms in total. The van der Waals surface area contributed by atoms with E-state index in [4.69, 9.17) is 0 Å². The predicted octanol–water partition coefficient (Wildman–Crippen LogP) is 2.00. The lowest BCUT2D eigenvalue weighted by Crippen LogP contribution is -2.24. The van der Waals surface area contributed by atoms with Gasteiger partial charge in [0, 0.05) is 32.6 Å². The molecule has 1 aliphatic heterocycles. The molecule has 0 saturated carbocycles. The first kappa shape index (κ1) is 13.3. The highest BCUT2D eigenvalue weighted by Gasteiger charge is 2.26. The Morgan fingerprint density at radius 3 is 2.79 bits per heavy atom. The van der Waals surface area contributed by atoms with Gasteiger partial charge >= 0.3 is 0 Å². The molecule has 1 aliphatic rings. The summed E-state index contributed by atoms with van der Waals surface area (Å²) in [7, 11) is 1.65. The van der Waals surface area contributed by atoms with Crippen LogP contribution in [0.1, 0.15) is 18.9 Å². The average Bonchev–Trinajstić information content (AvgIpc) is 2.67. The lowest BCUT2D eigenvalue weighted by molar-refractivity contribution is -0.384. The summed E-state index contributed by atoms with van der Waals surface area (Å²) in [6.45, 7) is 3.19. The van der Waals surface area contributed by atoms with Crippen LogP contribution in [-0.4, -0.2) is 29.3 Å². The average molecular weight is 263 g/mol. The number of carbonyl (C=O) groups is 1. The van der Waals surface area contributed by atoms with Crippen LogP contribution in [0.4, 0.5) is 11.4 Å². The van der Waals surface area contributed by atoms with E-state index >= 15 is 0 Å². The molecule has 0 spiro atoms. The van der Waals surface area contributed by atoms with Gasteiger partial charge in [0.1, 0.15) is 5.69 Å². The van der Waals surface area contributed by atoms with Crippen molar-refractivity contribution in [3.63, 3.8) is 0 Å². The zero-order chi connectivity index (χ0) is 14.0. The SMILES string of the molecule is CNc1ccc(CN2CC(C)CC2=O)cc1[N+](=O)[O-]. The van der Waals surface area contributed by atoms with Crippen molar-refractivity contribution in [2.24, 2.45) is 5.92 Å². The number of nitrogens with one attached hydrogen (secondary N) is 1. The topological polar surface area (TPSA) is 75.5 Å². The monoisotopic (exact) mass is 263 g/mol. The molecule has 0 radical (unpaired) electrons. The van der Waals surface area contributed by atoms with Crippen molar-refractivity contribution >= 4 is 17.3 Å². The van der Waals surface area contributed by atoms with Crippen LogP contribution in [0.25, 0.3) is 0 Å². The molecule has 1 unspecified atom stereocenters. The summed E-state index contributed by atoms with van der Waals surface area (Å²) >= 11 is 0. The fourth-order valence-corrected chi connectivity index (χ4v) is 2.38. The summed E-state index contributed by atoms with van der Waals surface area (Å²) in [5.41, 5.74) is 1.31. The van der Waals surface area contributed by atoms with Crippen LogP contribution in [0.3, 0.4) is 0 Å². The van der Waals surface area contributed by atoms with Gasteiger partial charge in [-0.3, -0.25) is 14.9 Å². The van der Waals surface area contributed by atoms with Crippen molar-refractivity contribution in [2.45, 2.75) is 19.9 Å². The Kier molecular flexibility index (Phi) is 3.69. The highest BCUT2D eigenvalue weighted by Crippen LogP contribution is 2.27. The van der Waals surface area contributed by atoms with Gasteiger partial charge in [-0.1, -0.05) is 13.0 Å². The lowest BCUT2D eigenvalue weighted by Gasteiger charge is -2.16. The maximum atomic E-state index is 11.7. The second kappa shape index (κ2) is 5.26. The third-order valence-corrected chi connectivity index (χ3v) is 3.31. The Hall–Kier alpha value is -2.11. The van der Waals surface area contributed by atoms with Gasteiger partial charge in [0.15, 0.2) is 0 Å². The van der Waals surface area contributed by atoms with E-state index in [9.17, 15) is 14.9 Å². The summed E-state index contributed by atoms with van der Waals surface area (Å²) in [6, 6.07) is 5.02. The van der Waals surface area contributed by atoms with Gasteiger partial charge in [-0.2, -0.15) is 0 Å². The van der Waals surface area contributed by atoms with Crippen LogP contribution in [-0.2, 0) is 11.3 Å². The maximum Gasteiger partial charge on any atom is 0.292 e. The van der Waals surface area contributed by atoms with E-state index < -0.39 is 4.92 Å². The zero-order valence-corrected chi connectivity index (χ0v) is 11.0. The molecule has 1 heterocycles. The smallest absolute Gasteiger partial charge is 0.292 e. The highest BCUT2D eigenvalue weighted by molar-refractivity contribution is 5.78. The van der Waals surface area contributed by atoms with E-state index in [0.717, 1.165) is 12.1 Å². The van der Waals surface area contributed by atoms with Gasteiger partial charge in [0.25, 0.3) is 5.69 Å². The first-order valence-electron chi connectivity index (χ1n) is 6.24. The van der Waals surface area contributed by atoms with Crippen molar-refractivity contribution in [1.82, 2.24) is 4.90 Å². The van der Waals surface area contributed by atoms with E-state index in [2.05, 4.69) is 5.32 Å². The maximum absolute atomic E-state index is 11.7. The van der Waals surface area contributed by atoms with Crippen molar-refractivity contribution in [3.05, 3.63) is 33.9 Å². The molecule has 0 bridgehead atoms. The minimum atomic E-state index is -0.413. The zero-order valence-electron chi connectivity index (χ0n) is 11.0. The molecule has 0 aliphatic carbocycles. The highest BCUT2D eigenvalue weighted by atomic mass is 16.6. The molecule has 1 amide bonds. The molecule has 1 fully saturated rings. The number of nitro benzene ring substituents is 1. The van der Waals surface area contributed by atoms with Gasteiger partial charge < -0.3 is 10.2 Å². The summed E-state index contributed by atoms with van der Waals surface area (Å²) < 4.78 is 0. The van der Waals surface area contributed by atoms with Crippen LogP contribution in [0.2, 0.25) is 0 Å². The third-order valence-electron chi connectivity index (χ3n) is 3.31. The number of likely N-dealkylation sites (tertiary alicyclic amines) is 1. The molecule has 1 saturated heterocycles. The second-order valence-corrected chi connectivity index (χ2v) is 4.94. The van der Waals surface area contributed by atoms with Crippen molar-refractivity contribution in [3.8, 4) is 0 Å². The molecule has 102 valence electrons. The van der Waals surface area contributed by atoms with Gasteiger partial charge in [0.2, 0.25) is 5.91 Å². The van der Waals surface area contributed by atoms with Gasteiger partial charge in [-0.15, -0.1) is 0 Å². The third kappa shape index (κ3) is 2.83. The van der Waals surface area contributed by atoms with Crippen LogP contribution >= 0.6 is 0 Å². The van der Waals surface area contributed by atoms with Crippen LogP contribution in [0.5, 0.6) is 0 Å². The molecule has 1 aromatic rings. The molecule has 1 atom stereocenters. The largest absolute Gasteiger partial charge is 0.383 e. The molecule has 2 rings (SSSR count). The second-order valence-electron chi connectivity index (χ2n) is 4.94. The van der Waals surface area contributed by atoms with E-state index in [1.807, 2.05) is 13.0 Å². The lowest BCUT2D eigenvalue weighted by atomic mass is 10.1. The quantitative estimate of drug-likeness (QED) is 0.666. The summed E-state index contributed by atoms with van der Waals surface area (Å²) in [6.07, 6.45) is 0.566. The number of carbonyl (C=O) groups excluding carboxylic acids is 1.